The number of nitrogens with one attached hydrogen (secondary N) is 1. The van der Waals surface area contributed by atoms with Crippen molar-refractivity contribution in [2.45, 2.75) is 19.4 Å². The zero-order chi connectivity index (χ0) is 14.0. The molecular weight excluding hydrogens is 270 g/mol. The Morgan fingerprint density at radius 3 is 2.79 bits per heavy atom. The predicted octanol–water partition coefficient (Wildman–Crippen LogP) is 2.09. The number of nitrogens with zero attached hydrogens (tertiary/aromatic N) is 2. The van der Waals surface area contributed by atoms with Gasteiger partial charge in [0.15, 0.2) is 5.82 Å². The van der Waals surface area contributed by atoms with Gasteiger partial charge in [-0.1, -0.05) is 16.8 Å². The number of aromatic nitrogens is 2. The first kappa shape index (κ1) is 13.4. The molecule has 0 saturated heterocycles. The van der Waals surface area contributed by atoms with E-state index in [1.54, 1.807) is 13.8 Å². The third-order valence-electron chi connectivity index (χ3n) is 2.55. The number of aromatic hydroxyl groups is 1. The zero-order valence-electron chi connectivity index (χ0n) is 10.3. The Morgan fingerprint density at radius 2 is 2.21 bits per heavy atom. The monoisotopic (exact) mass is 281 g/mol. The molecular formula is C12H12ClN3O3. The number of benzene rings is 1. The molecule has 0 saturated carbocycles. The Balaban J connectivity index is 2.19. The van der Waals surface area contributed by atoms with Gasteiger partial charge < -0.3 is 14.9 Å². The first-order valence-electron chi connectivity index (χ1n) is 5.48. The second-order valence-corrected chi connectivity index (χ2v) is 4.91. The minimum Gasteiger partial charge on any atom is -0.506 e. The SMILES string of the molecule is CC(C)(NC(=O)c1ccc(Cl)c(O)c1)c1ncon1. The highest BCUT2D eigenvalue weighted by Gasteiger charge is 2.28. The van der Waals surface area contributed by atoms with Crippen LogP contribution in [0, 0.1) is 0 Å². The van der Waals surface area contributed by atoms with Gasteiger partial charge in [-0.2, -0.15) is 4.98 Å². The summed E-state index contributed by atoms with van der Waals surface area (Å²) in [4.78, 5) is 16.0. The zero-order valence-corrected chi connectivity index (χ0v) is 11.1. The third kappa shape index (κ3) is 2.85. The molecule has 0 aliphatic carbocycles. The van der Waals surface area contributed by atoms with Crippen molar-refractivity contribution in [3.05, 3.63) is 41.0 Å². The lowest BCUT2D eigenvalue weighted by Gasteiger charge is -2.22. The summed E-state index contributed by atoms with van der Waals surface area (Å²) in [5.74, 6) is -0.160. The normalized spacial score (nSPS) is 11.3. The number of phenolic OH excluding ortho intramolecular Hbond substituents is 1. The minimum atomic E-state index is -0.792. The summed E-state index contributed by atoms with van der Waals surface area (Å²) in [5, 5.41) is 16.1. The van der Waals surface area contributed by atoms with Crippen molar-refractivity contribution in [3.63, 3.8) is 0 Å². The van der Waals surface area contributed by atoms with E-state index in [1.165, 1.54) is 24.6 Å². The summed E-state index contributed by atoms with van der Waals surface area (Å²) in [6.07, 6.45) is 1.19. The van der Waals surface area contributed by atoms with Gasteiger partial charge in [-0.25, -0.2) is 0 Å². The van der Waals surface area contributed by atoms with E-state index in [2.05, 4.69) is 20.0 Å². The number of halogens is 1. The average Bonchev–Trinajstić information content (AvgIpc) is 2.86. The number of rotatable bonds is 3. The topological polar surface area (TPSA) is 88.2 Å². The van der Waals surface area contributed by atoms with Crippen LogP contribution in [0.25, 0.3) is 0 Å². The van der Waals surface area contributed by atoms with Crippen molar-refractivity contribution in [3.8, 4) is 5.75 Å². The molecule has 0 atom stereocenters. The van der Waals surface area contributed by atoms with Gasteiger partial charge in [-0.05, 0) is 32.0 Å². The standard InChI is InChI=1S/C12H12ClN3O3/c1-12(2,11-14-6-19-16-11)15-10(18)7-3-4-8(13)9(17)5-7/h3-6,17H,1-2H3,(H,15,18). The Labute approximate surface area is 114 Å². The average molecular weight is 282 g/mol. The van der Waals surface area contributed by atoms with E-state index >= 15 is 0 Å². The van der Waals surface area contributed by atoms with Crippen LogP contribution in [-0.4, -0.2) is 21.2 Å². The Morgan fingerprint density at radius 1 is 1.47 bits per heavy atom. The van der Waals surface area contributed by atoms with Crippen LogP contribution in [0.2, 0.25) is 5.02 Å². The molecule has 2 aromatic rings. The third-order valence-corrected chi connectivity index (χ3v) is 2.87. The molecule has 1 heterocycles. The summed E-state index contributed by atoms with van der Waals surface area (Å²) in [6.45, 7) is 3.48. The van der Waals surface area contributed by atoms with E-state index in [0.717, 1.165) is 0 Å². The van der Waals surface area contributed by atoms with Gasteiger partial charge in [0, 0.05) is 5.56 Å². The second kappa shape index (κ2) is 4.89. The number of carbonyl (C=O) groups excluding carboxylic acids is 1. The van der Waals surface area contributed by atoms with Gasteiger partial charge in [0.1, 0.15) is 5.75 Å². The van der Waals surface area contributed by atoms with Crippen molar-refractivity contribution in [1.82, 2.24) is 15.5 Å². The molecule has 0 bridgehead atoms. The highest BCUT2D eigenvalue weighted by Crippen LogP contribution is 2.24. The molecule has 19 heavy (non-hydrogen) atoms. The van der Waals surface area contributed by atoms with E-state index in [1.807, 2.05) is 0 Å². The van der Waals surface area contributed by atoms with Gasteiger partial charge in [-0.15, -0.1) is 0 Å². The van der Waals surface area contributed by atoms with E-state index in [0.29, 0.717) is 11.4 Å². The molecule has 6 nitrogen and oxygen atoms in total. The molecule has 0 fully saturated rings. The lowest BCUT2D eigenvalue weighted by molar-refractivity contribution is 0.0907. The second-order valence-electron chi connectivity index (χ2n) is 4.50. The molecule has 2 N–H and O–H groups in total. The molecule has 2 rings (SSSR count). The van der Waals surface area contributed by atoms with E-state index in [9.17, 15) is 9.90 Å². The van der Waals surface area contributed by atoms with Gasteiger partial charge in [-0.3, -0.25) is 4.79 Å². The van der Waals surface area contributed by atoms with Crippen molar-refractivity contribution in [2.75, 3.05) is 0 Å². The first-order valence-corrected chi connectivity index (χ1v) is 5.86. The predicted molar refractivity (Wildman–Crippen MR) is 67.9 cm³/mol. The maximum atomic E-state index is 12.1. The molecule has 0 radical (unpaired) electrons. The van der Waals surface area contributed by atoms with E-state index in [-0.39, 0.29) is 16.7 Å². The Hall–Kier alpha value is -2.08. The fraction of sp³-hybridized carbons (Fsp3) is 0.250. The largest absolute Gasteiger partial charge is 0.506 e. The van der Waals surface area contributed by atoms with Crippen LogP contribution in [0.4, 0.5) is 0 Å². The molecule has 1 aromatic heterocycles. The minimum absolute atomic E-state index is 0.147. The van der Waals surface area contributed by atoms with Crippen molar-refractivity contribution < 1.29 is 14.4 Å². The van der Waals surface area contributed by atoms with Gasteiger partial charge in [0.25, 0.3) is 5.91 Å². The fourth-order valence-corrected chi connectivity index (χ4v) is 1.63. The van der Waals surface area contributed by atoms with Crippen molar-refractivity contribution in [2.24, 2.45) is 0 Å². The molecule has 7 heteroatoms. The molecule has 0 aliphatic heterocycles. The van der Waals surface area contributed by atoms with Crippen LogP contribution in [0.3, 0.4) is 0 Å². The molecule has 0 spiro atoms. The lowest BCUT2D eigenvalue weighted by Crippen LogP contribution is -2.41. The lowest BCUT2D eigenvalue weighted by atomic mass is 10.0. The summed E-state index contributed by atoms with van der Waals surface area (Å²) < 4.78 is 4.65. The summed E-state index contributed by atoms with van der Waals surface area (Å²) in [5.41, 5.74) is -0.502. The van der Waals surface area contributed by atoms with Crippen LogP contribution < -0.4 is 5.32 Å². The van der Waals surface area contributed by atoms with E-state index in [4.69, 9.17) is 11.6 Å². The van der Waals surface area contributed by atoms with Gasteiger partial charge in [0.05, 0.1) is 10.6 Å². The molecule has 100 valence electrons. The van der Waals surface area contributed by atoms with Crippen LogP contribution in [-0.2, 0) is 5.54 Å². The van der Waals surface area contributed by atoms with E-state index < -0.39 is 5.54 Å². The highest BCUT2D eigenvalue weighted by molar-refractivity contribution is 6.32. The molecule has 0 unspecified atom stereocenters. The Bertz CT molecular complexity index is 596. The molecule has 0 aliphatic rings. The van der Waals surface area contributed by atoms with Crippen LogP contribution >= 0.6 is 11.6 Å². The Kier molecular flexibility index (Phi) is 3.44. The highest BCUT2D eigenvalue weighted by atomic mass is 35.5. The maximum Gasteiger partial charge on any atom is 0.252 e. The van der Waals surface area contributed by atoms with Crippen molar-refractivity contribution in [1.29, 1.82) is 0 Å². The molecule has 1 aromatic carbocycles. The van der Waals surface area contributed by atoms with Crippen LogP contribution in [0.5, 0.6) is 5.75 Å². The fourth-order valence-electron chi connectivity index (χ4n) is 1.51. The number of hydrogen-bond acceptors (Lipinski definition) is 5. The van der Waals surface area contributed by atoms with Crippen molar-refractivity contribution >= 4 is 17.5 Å². The quantitative estimate of drug-likeness (QED) is 0.899. The number of amides is 1. The first-order chi connectivity index (χ1) is 8.90. The number of carbonyl (C=O) groups is 1. The van der Waals surface area contributed by atoms with Gasteiger partial charge >= 0.3 is 0 Å². The van der Waals surface area contributed by atoms with Crippen LogP contribution in [0.15, 0.2) is 29.1 Å². The van der Waals surface area contributed by atoms with Crippen LogP contribution in [0.1, 0.15) is 30.0 Å². The summed E-state index contributed by atoms with van der Waals surface area (Å²) >= 11 is 5.69. The number of phenols is 1. The summed E-state index contributed by atoms with van der Waals surface area (Å²) in [7, 11) is 0. The molecule has 1 amide bonds. The summed E-state index contributed by atoms with van der Waals surface area (Å²) in [6, 6.07) is 4.26. The number of hydrogen-bond donors (Lipinski definition) is 2. The van der Waals surface area contributed by atoms with Gasteiger partial charge in [0.2, 0.25) is 6.39 Å². The maximum absolute atomic E-state index is 12.1. The smallest absolute Gasteiger partial charge is 0.252 e.